The summed E-state index contributed by atoms with van der Waals surface area (Å²) in [5.74, 6) is 2.95. The standard InChI is InChI=1S/C15H27N5/c1-5-8-16-14-10-15(18-13(6-2)17-14)20-9-7-12(11-20)19(3)4/h10,12H,5-9,11H2,1-4H3,(H,16,17,18). The molecule has 0 aromatic carbocycles. The van der Waals surface area contributed by atoms with Gasteiger partial charge in [-0.1, -0.05) is 13.8 Å². The molecule has 5 heteroatoms. The van der Waals surface area contributed by atoms with Gasteiger partial charge in [-0.15, -0.1) is 0 Å². The third-order valence-corrected chi connectivity index (χ3v) is 3.85. The van der Waals surface area contributed by atoms with Crippen molar-refractivity contribution in [1.82, 2.24) is 14.9 Å². The minimum Gasteiger partial charge on any atom is -0.370 e. The minimum atomic E-state index is 0.627. The zero-order chi connectivity index (χ0) is 14.5. The van der Waals surface area contributed by atoms with Crippen LogP contribution in [-0.2, 0) is 6.42 Å². The van der Waals surface area contributed by atoms with Gasteiger partial charge < -0.3 is 15.1 Å². The van der Waals surface area contributed by atoms with E-state index in [2.05, 4.69) is 54.1 Å². The van der Waals surface area contributed by atoms with Gasteiger partial charge in [0, 0.05) is 38.2 Å². The first-order valence-corrected chi connectivity index (χ1v) is 7.67. The Kier molecular flexibility index (Phi) is 5.17. The van der Waals surface area contributed by atoms with Crippen LogP contribution in [0.1, 0.15) is 32.5 Å². The molecule has 1 unspecified atom stereocenters. The highest BCUT2D eigenvalue weighted by Gasteiger charge is 2.25. The quantitative estimate of drug-likeness (QED) is 0.861. The van der Waals surface area contributed by atoms with Crippen LogP contribution in [0.25, 0.3) is 0 Å². The van der Waals surface area contributed by atoms with Crippen LogP contribution < -0.4 is 10.2 Å². The third kappa shape index (κ3) is 3.60. The van der Waals surface area contributed by atoms with Crippen molar-refractivity contribution in [2.45, 2.75) is 39.2 Å². The Hall–Kier alpha value is -1.36. The van der Waals surface area contributed by atoms with Crippen molar-refractivity contribution < 1.29 is 0 Å². The van der Waals surface area contributed by atoms with Gasteiger partial charge in [0.05, 0.1) is 0 Å². The van der Waals surface area contributed by atoms with Gasteiger partial charge in [0.1, 0.15) is 17.5 Å². The van der Waals surface area contributed by atoms with Gasteiger partial charge in [-0.25, -0.2) is 9.97 Å². The molecule has 112 valence electrons. The summed E-state index contributed by atoms with van der Waals surface area (Å²) in [5.41, 5.74) is 0. The van der Waals surface area contributed by atoms with Crippen molar-refractivity contribution in [1.29, 1.82) is 0 Å². The molecule has 1 aliphatic heterocycles. The number of hydrogen-bond acceptors (Lipinski definition) is 5. The lowest BCUT2D eigenvalue weighted by Gasteiger charge is -2.21. The van der Waals surface area contributed by atoms with E-state index in [1.807, 2.05) is 0 Å². The molecule has 1 aromatic rings. The van der Waals surface area contributed by atoms with Gasteiger partial charge in [-0.3, -0.25) is 0 Å². The Morgan fingerprint density at radius 1 is 1.35 bits per heavy atom. The Morgan fingerprint density at radius 2 is 2.15 bits per heavy atom. The van der Waals surface area contributed by atoms with Crippen LogP contribution in [0.15, 0.2) is 6.07 Å². The van der Waals surface area contributed by atoms with Crippen molar-refractivity contribution >= 4 is 11.6 Å². The summed E-state index contributed by atoms with van der Waals surface area (Å²) in [5, 5.41) is 3.38. The third-order valence-electron chi connectivity index (χ3n) is 3.85. The molecule has 2 rings (SSSR count). The molecule has 0 spiro atoms. The van der Waals surface area contributed by atoms with Crippen LogP contribution >= 0.6 is 0 Å². The van der Waals surface area contributed by atoms with Gasteiger partial charge in [-0.2, -0.15) is 0 Å². The monoisotopic (exact) mass is 277 g/mol. The molecule has 2 heterocycles. The lowest BCUT2D eigenvalue weighted by molar-refractivity contribution is 0.315. The predicted molar refractivity (Wildman–Crippen MR) is 84.5 cm³/mol. The number of aromatic nitrogens is 2. The fraction of sp³-hybridized carbons (Fsp3) is 0.733. The summed E-state index contributed by atoms with van der Waals surface area (Å²) < 4.78 is 0. The van der Waals surface area contributed by atoms with Crippen LogP contribution in [0.4, 0.5) is 11.6 Å². The largest absolute Gasteiger partial charge is 0.370 e. The lowest BCUT2D eigenvalue weighted by Crippen LogP contribution is -2.31. The molecule has 0 aliphatic carbocycles. The maximum atomic E-state index is 4.69. The first-order valence-electron chi connectivity index (χ1n) is 7.67. The van der Waals surface area contributed by atoms with Crippen LogP contribution in [-0.4, -0.2) is 54.6 Å². The molecule has 0 amide bonds. The molecular weight excluding hydrogens is 250 g/mol. The van der Waals surface area contributed by atoms with Crippen molar-refractivity contribution in [3.05, 3.63) is 11.9 Å². The Morgan fingerprint density at radius 3 is 2.75 bits per heavy atom. The molecule has 5 nitrogen and oxygen atoms in total. The number of likely N-dealkylation sites (N-methyl/N-ethyl adjacent to an activating group) is 1. The van der Waals surface area contributed by atoms with E-state index in [4.69, 9.17) is 4.98 Å². The molecule has 1 N–H and O–H groups in total. The SMILES string of the molecule is CCCNc1cc(N2CCC(N(C)C)C2)nc(CC)n1. The van der Waals surface area contributed by atoms with Crippen LogP contribution in [0.2, 0.25) is 0 Å². The molecule has 20 heavy (non-hydrogen) atoms. The highest BCUT2D eigenvalue weighted by Crippen LogP contribution is 2.22. The number of nitrogens with one attached hydrogen (secondary N) is 1. The Balaban J connectivity index is 2.14. The smallest absolute Gasteiger partial charge is 0.134 e. The molecular formula is C15H27N5. The van der Waals surface area contributed by atoms with E-state index in [0.717, 1.165) is 49.9 Å². The van der Waals surface area contributed by atoms with Crippen molar-refractivity contribution in [2.75, 3.05) is 43.9 Å². The van der Waals surface area contributed by atoms with Crippen molar-refractivity contribution in [3.8, 4) is 0 Å². The average Bonchev–Trinajstić information content (AvgIpc) is 2.94. The van der Waals surface area contributed by atoms with E-state index in [1.54, 1.807) is 0 Å². The first-order chi connectivity index (χ1) is 9.63. The predicted octanol–water partition coefficient (Wildman–Crippen LogP) is 2.00. The average molecular weight is 277 g/mol. The van der Waals surface area contributed by atoms with Gasteiger partial charge in [-0.05, 0) is 26.9 Å². The molecule has 1 atom stereocenters. The summed E-state index contributed by atoms with van der Waals surface area (Å²) >= 11 is 0. The normalized spacial score (nSPS) is 18.9. The molecule has 0 bridgehead atoms. The lowest BCUT2D eigenvalue weighted by atomic mass is 10.2. The first kappa shape index (κ1) is 15.0. The van der Waals surface area contributed by atoms with Crippen LogP contribution in [0.3, 0.4) is 0 Å². The zero-order valence-electron chi connectivity index (χ0n) is 13.2. The van der Waals surface area contributed by atoms with E-state index in [9.17, 15) is 0 Å². The molecule has 1 fully saturated rings. The highest BCUT2D eigenvalue weighted by atomic mass is 15.3. The fourth-order valence-electron chi connectivity index (χ4n) is 2.52. The fourth-order valence-corrected chi connectivity index (χ4v) is 2.52. The number of rotatable bonds is 6. The van der Waals surface area contributed by atoms with E-state index >= 15 is 0 Å². The molecule has 1 aliphatic rings. The van der Waals surface area contributed by atoms with E-state index in [1.165, 1.54) is 6.42 Å². The van der Waals surface area contributed by atoms with Crippen molar-refractivity contribution in [2.24, 2.45) is 0 Å². The van der Waals surface area contributed by atoms with Gasteiger partial charge in [0.15, 0.2) is 0 Å². The van der Waals surface area contributed by atoms with Gasteiger partial charge in [0.25, 0.3) is 0 Å². The Bertz CT molecular complexity index is 432. The topological polar surface area (TPSA) is 44.3 Å². The maximum Gasteiger partial charge on any atom is 0.134 e. The van der Waals surface area contributed by atoms with Gasteiger partial charge in [0.2, 0.25) is 0 Å². The zero-order valence-corrected chi connectivity index (χ0v) is 13.2. The summed E-state index contributed by atoms with van der Waals surface area (Å²) in [6.07, 6.45) is 3.18. The molecule has 0 saturated carbocycles. The van der Waals surface area contributed by atoms with E-state index in [-0.39, 0.29) is 0 Å². The summed E-state index contributed by atoms with van der Waals surface area (Å²) in [6.45, 7) is 7.36. The number of anilines is 2. The molecule has 0 radical (unpaired) electrons. The number of hydrogen-bond donors (Lipinski definition) is 1. The second-order valence-corrected chi connectivity index (χ2v) is 5.66. The number of aryl methyl sites for hydroxylation is 1. The summed E-state index contributed by atoms with van der Waals surface area (Å²) in [4.78, 5) is 13.9. The number of nitrogens with zero attached hydrogens (tertiary/aromatic N) is 4. The Labute approximate surface area is 122 Å². The van der Waals surface area contributed by atoms with Crippen LogP contribution in [0, 0.1) is 0 Å². The highest BCUT2D eigenvalue weighted by molar-refractivity contribution is 5.50. The van der Waals surface area contributed by atoms with E-state index < -0.39 is 0 Å². The van der Waals surface area contributed by atoms with Crippen LogP contribution in [0.5, 0.6) is 0 Å². The molecule has 1 aromatic heterocycles. The second kappa shape index (κ2) is 6.88. The maximum absolute atomic E-state index is 4.69. The minimum absolute atomic E-state index is 0.627. The van der Waals surface area contributed by atoms with E-state index in [0.29, 0.717) is 6.04 Å². The molecule has 1 saturated heterocycles. The summed E-state index contributed by atoms with van der Waals surface area (Å²) in [6, 6.07) is 2.72. The second-order valence-electron chi connectivity index (χ2n) is 5.66. The summed E-state index contributed by atoms with van der Waals surface area (Å²) in [7, 11) is 4.31. The van der Waals surface area contributed by atoms with Gasteiger partial charge >= 0.3 is 0 Å². The van der Waals surface area contributed by atoms with Crippen molar-refractivity contribution in [3.63, 3.8) is 0 Å².